The highest BCUT2D eigenvalue weighted by Crippen LogP contribution is 2.39. The van der Waals surface area contributed by atoms with Gasteiger partial charge in [-0.2, -0.15) is 0 Å². The van der Waals surface area contributed by atoms with Gasteiger partial charge in [-0.15, -0.1) is 11.8 Å². The Morgan fingerprint density at radius 1 is 1.08 bits per heavy atom. The zero-order valence-corrected chi connectivity index (χ0v) is 16.1. The van der Waals surface area contributed by atoms with E-state index in [1.54, 1.807) is 11.8 Å². The van der Waals surface area contributed by atoms with Gasteiger partial charge in [0.05, 0.1) is 5.92 Å². The summed E-state index contributed by atoms with van der Waals surface area (Å²) in [6, 6.07) is 19.1. The van der Waals surface area contributed by atoms with Gasteiger partial charge < -0.3 is 5.32 Å². The Labute approximate surface area is 160 Å². The Kier molecular flexibility index (Phi) is 5.05. The minimum Gasteiger partial charge on any atom is -0.350 e. The molecular formula is C22H26N2OS. The standard InChI is InChI=1S/C22H26N2OS/c1-26-19-9-7-17(8-10-19)16-24-13-11-22(12-14-24)15-20(21(25)23-22)18-5-3-2-4-6-18/h2-10,20H,11-16H2,1H3,(H,23,25)/t20-/m1/s1. The van der Waals surface area contributed by atoms with E-state index in [9.17, 15) is 4.79 Å². The topological polar surface area (TPSA) is 32.3 Å². The van der Waals surface area contributed by atoms with Crippen LogP contribution in [0.5, 0.6) is 0 Å². The number of thioether (sulfide) groups is 1. The van der Waals surface area contributed by atoms with E-state index in [0.29, 0.717) is 0 Å². The van der Waals surface area contributed by atoms with Crippen molar-refractivity contribution in [3.63, 3.8) is 0 Å². The molecule has 0 unspecified atom stereocenters. The SMILES string of the molecule is CSc1ccc(CN2CCC3(CC2)C[C@H](c2ccccc2)C(=O)N3)cc1. The van der Waals surface area contributed by atoms with Crippen LogP contribution in [0.3, 0.4) is 0 Å². The van der Waals surface area contributed by atoms with Crippen LogP contribution in [-0.2, 0) is 11.3 Å². The van der Waals surface area contributed by atoms with Crippen molar-refractivity contribution in [3.05, 3.63) is 65.7 Å². The molecule has 0 aromatic heterocycles. The fraction of sp³-hybridized carbons (Fsp3) is 0.409. The first-order valence-corrected chi connectivity index (χ1v) is 10.6. The van der Waals surface area contributed by atoms with Crippen LogP contribution in [0.1, 0.15) is 36.3 Å². The highest BCUT2D eigenvalue weighted by molar-refractivity contribution is 7.98. The summed E-state index contributed by atoms with van der Waals surface area (Å²) in [5.41, 5.74) is 2.52. The molecule has 26 heavy (non-hydrogen) atoms. The molecule has 0 aliphatic carbocycles. The lowest BCUT2D eigenvalue weighted by Gasteiger charge is -2.39. The molecule has 1 N–H and O–H groups in total. The third kappa shape index (κ3) is 3.67. The lowest BCUT2D eigenvalue weighted by molar-refractivity contribution is -0.121. The van der Waals surface area contributed by atoms with E-state index in [1.165, 1.54) is 10.5 Å². The lowest BCUT2D eigenvalue weighted by atomic mass is 9.82. The van der Waals surface area contributed by atoms with Crippen LogP contribution in [0.25, 0.3) is 0 Å². The summed E-state index contributed by atoms with van der Waals surface area (Å²) in [5, 5.41) is 3.35. The molecule has 2 aromatic carbocycles. The van der Waals surface area contributed by atoms with Crippen LogP contribution in [-0.4, -0.2) is 35.7 Å². The zero-order valence-electron chi connectivity index (χ0n) is 15.3. The van der Waals surface area contributed by atoms with Crippen molar-refractivity contribution in [2.45, 2.75) is 42.2 Å². The van der Waals surface area contributed by atoms with Gasteiger partial charge in [0.2, 0.25) is 5.91 Å². The molecule has 4 heteroatoms. The molecule has 1 atom stereocenters. The van der Waals surface area contributed by atoms with Gasteiger partial charge in [0.15, 0.2) is 0 Å². The summed E-state index contributed by atoms with van der Waals surface area (Å²) in [4.78, 5) is 16.4. The Morgan fingerprint density at radius 3 is 2.42 bits per heavy atom. The number of carbonyl (C=O) groups excluding carboxylic acids is 1. The molecule has 1 amide bonds. The number of hydrogen-bond donors (Lipinski definition) is 1. The second kappa shape index (κ2) is 7.45. The number of benzene rings is 2. The van der Waals surface area contributed by atoms with Gasteiger partial charge in [0, 0.05) is 30.1 Å². The van der Waals surface area contributed by atoms with E-state index < -0.39 is 0 Å². The molecule has 2 aliphatic rings. The molecule has 0 radical (unpaired) electrons. The molecule has 2 aliphatic heterocycles. The minimum absolute atomic E-state index is 0.00318. The number of piperidine rings is 1. The van der Waals surface area contributed by atoms with Crippen LogP contribution in [0.2, 0.25) is 0 Å². The summed E-state index contributed by atoms with van der Waals surface area (Å²) >= 11 is 1.78. The highest BCUT2D eigenvalue weighted by Gasteiger charge is 2.45. The molecule has 2 heterocycles. The van der Waals surface area contributed by atoms with Gasteiger partial charge >= 0.3 is 0 Å². The maximum atomic E-state index is 12.6. The number of hydrogen-bond acceptors (Lipinski definition) is 3. The number of likely N-dealkylation sites (tertiary alicyclic amines) is 1. The summed E-state index contributed by atoms with van der Waals surface area (Å²) in [6.45, 7) is 3.10. The lowest BCUT2D eigenvalue weighted by Crippen LogP contribution is -2.50. The molecule has 2 saturated heterocycles. The van der Waals surface area contributed by atoms with Crippen molar-refractivity contribution in [1.82, 2.24) is 10.2 Å². The molecule has 3 nitrogen and oxygen atoms in total. The largest absolute Gasteiger partial charge is 0.350 e. The van der Waals surface area contributed by atoms with Gasteiger partial charge in [-0.3, -0.25) is 9.69 Å². The molecule has 0 saturated carbocycles. The summed E-state index contributed by atoms with van der Waals surface area (Å²) in [6.07, 6.45) is 5.14. The van der Waals surface area contributed by atoms with E-state index in [-0.39, 0.29) is 17.4 Å². The molecule has 2 fully saturated rings. The van der Waals surface area contributed by atoms with Crippen molar-refractivity contribution in [2.24, 2.45) is 0 Å². The Bertz CT molecular complexity index is 751. The number of carbonyl (C=O) groups is 1. The van der Waals surface area contributed by atoms with Crippen LogP contribution in [0, 0.1) is 0 Å². The van der Waals surface area contributed by atoms with Crippen molar-refractivity contribution >= 4 is 17.7 Å². The number of rotatable bonds is 4. The number of nitrogens with one attached hydrogen (secondary N) is 1. The summed E-state index contributed by atoms with van der Waals surface area (Å²) < 4.78 is 0. The smallest absolute Gasteiger partial charge is 0.228 e. The van der Waals surface area contributed by atoms with Gasteiger partial charge in [0.1, 0.15) is 0 Å². The predicted molar refractivity (Wildman–Crippen MR) is 107 cm³/mol. The van der Waals surface area contributed by atoms with E-state index in [2.05, 4.69) is 52.9 Å². The van der Waals surface area contributed by atoms with E-state index in [4.69, 9.17) is 0 Å². The average Bonchev–Trinajstić information content (AvgIpc) is 3.01. The Balaban J connectivity index is 1.36. The molecule has 2 aromatic rings. The van der Waals surface area contributed by atoms with Crippen molar-refractivity contribution < 1.29 is 4.79 Å². The molecule has 4 rings (SSSR count). The minimum atomic E-state index is -0.00318. The van der Waals surface area contributed by atoms with Gasteiger partial charge in [-0.25, -0.2) is 0 Å². The molecule has 136 valence electrons. The second-order valence-electron chi connectivity index (χ2n) is 7.56. The summed E-state index contributed by atoms with van der Waals surface area (Å²) in [7, 11) is 0. The van der Waals surface area contributed by atoms with Crippen molar-refractivity contribution in [2.75, 3.05) is 19.3 Å². The third-order valence-electron chi connectivity index (χ3n) is 5.88. The maximum absolute atomic E-state index is 12.6. The van der Waals surface area contributed by atoms with Crippen LogP contribution in [0.4, 0.5) is 0 Å². The fourth-order valence-corrected chi connectivity index (χ4v) is 4.70. The van der Waals surface area contributed by atoms with Gasteiger partial charge in [0.25, 0.3) is 0 Å². The first-order valence-electron chi connectivity index (χ1n) is 9.40. The monoisotopic (exact) mass is 366 g/mol. The zero-order chi connectivity index (χ0) is 18.0. The van der Waals surface area contributed by atoms with Crippen LogP contribution in [0.15, 0.2) is 59.5 Å². The number of amides is 1. The van der Waals surface area contributed by atoms with Crippen molar-refractivity contribution in [1.29, 1.82) is 0 Å². The molecule has 1 spiro atoms. The van der Waals surface area contributed by atoms with Gasteiger partial charge in [-0.1, -0.05) is 42.5 Å². The summed E-state index contributed by atoms with van der Waals surface area (Å²) in [5.74, 6) is 0.221. The second-order valence-corrected chi connectivity index (χ2v) is 8.44. The fourth-order valence-electron chi connectivity index (χ4n) is 4.29. The van der Waals surface area contributed by atoms with Crippen LogP contribution >= 0.6 is 11.8 Å². The molecular weight excluding hydrogens is 340 g/mol. The van der Waals surface area contributed by atoms with E-state index in [0.717, 1.165) is 44.5 Å². The predicted octanol–water partition coefficient (Wildman–Crippen LogP) is 4.05. The number of nitrogens with zero attached hydrogens (tertiary/aromatic N) is 1. The van der Waals surface area contributed by atoms with E-state index in [1.807, 2.05) is 18.2 Å². The average molecular weight is 367 g/mol. The first kappa shape index (κ1) is 17.6. The quantitative estimate of drug-likeness (QED) is 0.829. The Morgan fingerprint density at radius 2 is 1.77 bits per heavy atom. The maximum Gasteiger partial charge on any atom is 0.228 e. The third-order valence-corrected chi connectivity index (χ3v) is 6.62. The normalized spacial score (nSPS) is 22.5. The molecule has 0 bridgehead atoms. The van der Waals surface area contributed by atoms with Crippen molar-refractivity contribution in [3.8, 4) is 0 Å². The van der Waals surface area contributed by atoms with Gasteiger partial charge in [-0.05, 0) is 48.8 Å². The van der Waals surface area contributed by atoms with Crippen LogP contribution < -0.4 is 5.32 Å². The highest BCUT2D eigenvalue weighted by atomic mass is 32.2. The first-order chi connectivity index (χ1) is 12.7. The Hall–Kier alpha value is -1.78. The van der Waals surface area contributed by atoms with E-state index >= 15 is 0 Å².